The Morgan fingerprint density at radius 1 is 1.45 bits per heavy atom. The minimum Gasteiger partial charge on any atom is -0.349 e. The molecule has 5 heteroatoms. The maximum atomic E-state index is 13.9. The fraction of sp³-hybridized carbons (Fsp3) is 0.588. The normalized spacial score (nSPS) is 32.0. The van der Waals surface area contributed by atoms with E-state index >= 15 is 0 Å². The Balaban J connectivity index is 1.87. The first-order valence-corrected chi connectivity index (χ1v) is 7.76. The van der Waals surface area contributed by atoms with Crippen molar-refractivity contribution >= 4 is 0 Å². The number of hydrogen-bond donors (Lipinski definition) is 0. The minimum absolute atomic E-state index is 0.0970. The number of rotatable bonds is 5. The van der Waals surface area contributed by atoms with E-state index in [9.17, 15) is 8.78 Å². The number of nitrogens with zero attached hydrogens (tertiary/aromatic N) is 1. The number of halogens is 2. The second-order valence-electron chi connectivity index (χ2n) is 6.27. The maximum absolute atomic E-state index is 13.9. The molecule has 0 N–H and O–H groups in total. The van der Waals surface area contributed by atoms with E-state index < -0.39 is 23.7 Å². The lowest BCUT2D eigenvalue weighted by molar-refractivity contribution is -0.268. The molecule has 0 radical (unpaired) electrons. The van der Waals surface area contributed by atoms with Crippen LogP contribution in [0.15, 0.2) is 24.9 Å². The molecule has 2 fully saturated rings. The quantitative estimate of drug-likeness (QED) is 0.600. The van der Waals surface area contributed by atoms with Gasteiger partial charge in [-0.25, -0.2) is 9.37 Å². The van der Waals surface area contributed by atoms with E-state index in [0.717, 1.165) is 44.4 Å². The van der Waals surface area contributed by atoms with Gasteiger partial charge in [0.25, 0.3) is 0 Å². The van der Waals surface area contributed by atoms with Gasteiger partial charge in [0.2, 0.25) is 5.95 Å². The molecule has 120 valence electrons. The van der Waals surface area contributed by atoms with Crippen LogP contribution in [0, 0.1) is 17.2 Å². The lowest BCUT2D eigenvalue weighted by atomic mass is 9.77. The van der Waals surface area contributed by atoms with Crippen LogP contribution >= 0.6 is 0 Å². The molecule has 0 aromatic carbocycles. The fourth-order valence-electron chi connectivity index (χ4n) is 3.99. The van der Waals surface area contributed by atoms with Crippen LogP contribution in [0.5, 0.6) is 0 Å². The Bertz CT molecular complexity index is 566. The zero-order valence-corrected chi connectivity index (χ0v) is 12.8. The number of allylic oxidation sites excluding steroid dienone is 1. The SMILES string of the molecule is C=CCC12CCCC1(OC(C)c1cc(F)cnc1F)OCC2. The zero-order chi connectivity index (χ0) is 15.8. The van der Waals surface area contributed by atoms with Crippen LogP contribution in [-0.2, 0) is 9.47 Å². The highest BCUT2D eigenvalue weighted by Crippen LogP contribution is 2.59. The van der Waals surface area contributed by atoms with Crippen molar-refractivity contribution in [1.29, 1.82) is 0 Å². The number of fused-ring (bicyclic) bond motifs is 1. The summed E-state index contributed by atoms with van der Waals surface area (Å²) in [6.45, 7) is 6.19. The Hall–Kier alpha value is -1.33. The molecule has 1 saturated carbocycles. The highest BCUT2D eigenvalue weighted by molar-refractivity contribution is 5.16. The first-order chi connectivity index (χ1) is 10.5. The Labute approximate surface area is 129 Å². The lowest BCUT2D eigenvalue weighted by Gasteiger charge is -2.40. The Morgan fingerprint density at radius 3 is 3.05 bits per heavy atom. The molecule has 0 bridgehead atoms. The molecule has 3 atom stereocenters. The molecular formula is C17H21F2NO2. The third kappa shape index (κ3) is 2.36. The summed E-state index contributed by atoms with van der Waals surface area (Å²) in [5, 5.41) is 0. The second-order valence-corrected chi connectivity index (χ2v) is 6.27. The molecule has 3 nitrogen and oxygen atoms in total. The predicted molar refractivity (Wildman–Crippen MR) is 78.1 cm³/mol. The Kier molecular flexibility index (Phi) is 4.03. The molecule has 22 heavy (non-hydrogen) atoms. The third-order valence-corrected chi connectivity index (χ3v) is 5.06. The van der Waals surface area contributed by atoms with Crippen molar-refractivity contribution in [1.82, 2.24) is 4.98 Å². The molecule has 2 aliphatic rings. The van der Waals surface area contributed by atoms with Crippen molar-refractivity contribution in [3.8, 4) is 0 Å². The summed E-state index contributed by atoms with van der Waals surface area (Å²) in [5.74, 6) is -1.99. The van der Waals surface area contributed by atoms with E-state index in [2.05, 4.69) is 11.6 Å². The van der Waals surface area contributed by atoms with Gasteiger partial charge < -0.3 is 9.47 Å². The van der Waals surface area contributed by atoms with Crippen molar-refractivity contribution in [3.63, 3.8) is 0 Å². The van der Waals surface area contributed by atoms with E-state index in [1.807, 2.05) is 6.08 Å². The molecule has 3 unspecified atom stereocenters. The smallest absolute Gasteiger partial charge is 0.218 e. The van der Waals surface area contributed by atoms with Crippen LogP contribution in [0.3, 0.4) is 0 Å². The summed E-state index contributed by atoms with van der Waals surface area (Å²) >= 11 is 0. The molecule has 1 aliphatic heterocycles. The Morgan fingerprint density at radius 2 is 2.27 bits per heavy atom. The van der Waals surface area contributed by atoms with Gasteiger partial charge >= 0.3 is 0 Å². The summed E-state index contributed by atoms with van der Waals surface area (Å²) in [5.41, 5.74) is 0.0320. The van der Waals surface area contributed by atoms with Crippen molar-refractivity contribution in [3.05, 3.63) is 42.2 Å². The van der Waals surface area contributed by atoms with E-state index in [-0.39, 0.29) is 11.0 Å². The van der Waals surface area contributed by atoms with E-state index in [0.29, 0.717) is 6.61 Å². The molecular weight excluding hydrogens is 288 g/mol. The highest BCUT2D eigenvalue weighted by Gasteiger charge is 2.60. The third-order valence-electron chi connectivity index (χ3n) is 5.06. The van der Waals surface area contributed by atoms with Gasteiger partial charge in [-0.05, 0) is 38.7 Å². The molecule has 0 amide bonds. The second kappa shape index (κ2) is 5.70. The standard InChI is InChI=1S/C17H21F2NO2/c1-3-5-16-6-4-7-17(16,21-9-8-16)22-12(2)14-10-13(18)11-20-15(14)19/h3,10-12H,1,4-9H2,2H3. The fourth-order valence-corrected chi connectivity index (χ4v) is 3.99. The van der Waals surface area contributed by atoms with Gasteiger partial charge in [-0.1, -0.05) is 6.08 Å². The van der Waals surface area contributed by atoms with E-state index in [4.69, 9.17) is 9.47 Å². The number of hydrogen-bond acceptors (Lipinski definition) is 3. The lowest BCUT2D eigenvalue weighted by Crippen LogP contribution is -2.43. The first kappa shape index (κ1) is 15.6. The summed E-state index contributed by atoms with van der Waals surface area (Å²) in [7, 11) is 0. The summed E-state index contributed by atoms with van der Waals surface area (Å²) in [6.07, 6.45) is 6.65. The molecule has 1 saturated heterocycles. The van der Waals surface area contributed by atoms with Crippen molar-refractivity contribution in [2.75, 3.05) is 6.61 Å². The average molecular weight is 309 g/mol. The topological polar surface area (TPSA) is 31.4 Å². The van der Waals surface area contributed by atoms with Crippen LogP contribution in [0.4, 0.5) is 8.78 Å². The number of aromatic nitrogens is 1. The monoisotopic (exact) mass is 309 g/mol. The van der Waals surface area contributed by atoms with Gasteiger partial charge in [-0.15, -0.1) is 6.58 Å². The van der Waals surface area contributed by atoms with Gasteiger partial charge in [-0.2, -0.15) is 4.39 Å². The van der Waals surface area contributed by atoms with Crippen LogP contribution in [0.1, 0.15) is 50.7 Å². The van der Waals surface area contributed by atoms with E-state index in [1.165, 1.54) is 0 Å². The molecule has 2 heterocycles. The van der Waals surface area contributed by atoms with E-state index in [1.54, 1.807) is 6.92 Å². The summed E-state index contributed by atoms with van der Waals surface area (Å²) in [6, 6.07) is 1.14. The largest absolute Gasteiger partial charge is 0.349 e. The average Bonchev–Trinajstić information content (AvgIpc) is 2.96. The van der Waals surface area contributed by atoms with Gasteiger partial charge in [0.05, 0.1) is 18.9 Å². The highest BCUT2D eigenvalue weighted by atomic mass is 19.1. The van der Waals surface area contributed by atoms with Gasteiger partial charge in [0.15, 0.2) is 5.79 Å². The number of ether oxygens (including phenoxy) is 2. The van der Waals surface area contributed by atoms with Crippen LogP contribution in [0.25, 0.3) is 0 Å². The van der Waals surface area contributed by atoms with Gasteiger partial charge in [0, 0.05) is 17.4 Å². The molecule has 1 aromatic rings. The minimum atomic E-state index is -0.723. The summed E-state index contributed by atoms with van der Waals surface area (Å²) < 4.78 is 39.4. The summed E-state index contributed by atoms with van der Waals surface area (Å²) in [4.78, 5) is 3.43. The molecule has 1 aromatic heterocycles. The maximum Gasteiger partial charge on any atom is 0.218 e. The van der Waals surface area contributed by atoms with Crippen molar-refractivity contribution < 1.29 is 18.3 Å². The molecule has 3 rings (SSSR count). The number of pyridine rings is 1. The van der Waals surface area contributed by atoms with Gasteiger partial charge in [0.1, 0.15) is 5.82 Å². The molecule has 1 aliphatic carbocycles. The van der Waals surface area contributed by atoms with Crippen LogP contribution < -0.4 is 0 Å². The van der Waals surface area contributed by atoms with Crippen LogP contribution in [0.2, 0.25) is 0 Å². The predicted octanol–water partition coefficient (Wildman–Crippen LogP) is 4.30. The van der Waals surface area contributed by atoms with Crippen LogP contribution in [-0.4, -0.2) is 17.4 Å². The molecule has 0 spiro atoms. The first-order valence-electron chi connectivity index (χ1n) is 7.76. The van der Waals surface area contributed by atoms with Crippen molar-refractivity contribution in [2.24, 2.45) is 5.41 Å². The van der Waals surface area contributed by atoms with Crippen molar-refractivity contribution in [2.45, 2.75) is 50.9 Å². The zero-order valence-electron chi connectivity index (χ0n) is 12.8. The van der Waals surface area contributed by atoms with Gasteiger partial charge in [-0.3, -0.25) is 0 Å².